The highest BCUT2D eigenvalue weighted by atomic mass is 16.7. The van der Waals surface area contributed by atoms with Crippen molar-refractivity contribution in [3.63, 3.8) is 0 Å². The van der Waals surface area contributed by atoms with Crippen LogP contribution in [0.25, 0.3) is 0 Å². The molecular weight excluding hydrogens is 276 g/mol. The Morgan fingerprint density at radius 2 is 1.45 bits per heavy atom. The number of benzene rings is 2. The van der Waals surface area contributed by atoms with Gasteiger partial charge in [-0.2, -0.15) is 0 Å². The van der Waals surface area contributed by atoms with Crippen LogP contribution in [0.15, 0.2) is 60.7 Å². The molecule has 0 amide bonds. The Morgan fingerprint density at radius 1 is 1.00 bits per heavy atom. The minimum Gasteiger partial charge on any atom is -0.432 e. The predicted molar refractivity (Wildman–Crippen MR) is 86.4 cm³/mol. The molecule has 1 unspecified atom stereocenters. The molecule has 0 aromatic heterocycles. The molecule has 0 saturated carbocycles. The fourth-order valence-corrected chi connectivity index (χ4v) is 2.61. The molecular formula is C19H22O3. The summed E-state index contributed by atoms with van der Waals surface area (Å²) < 4.78 is 5.42. The fourth-order valence-electron chi connectivity index (χ4n) is 2.61. The van der Waals surface area contributed by atoms with Gasteiger partial charge in [0.25, 0.3) is 0 Å². The monoisotopic (exact) mass is 298 g/mol. The quantitative estimate of drug-likeness (QED) is 0.650. The van der Waals surface area contributed by atoms with Crippen LogP contribution in [0.5, 0.6) is 0 Å². The van der Waals surface area contributed by atoms with Gasteiger partial charge in [-0.15, -0.1) is 0 Å². The molecule has 1 atom stereocenters. The summed E-state index contributed by atoms with van der Waals surface area (Å²) in [6.45, 7) is 3.54. The highest BCUT2D eigenvalue weighted by Crippen LogP contribution is 2.38. The highest BCUT2D eigenvalue weighted by molar-refractivity contribution is 5.69. The number of rotatable bonds is 6. The third-order valence-electron chi connectivity index (χ3n) is 3.80. The first-order chi connectivity index (χ1) is 10.6. The average molecular weight is 298 g/mol. The van der Waals surface area contributed by atoms with Gasteiger partial charge in [0.2, 0.25) is 5.79 Å². The Labute approximate surface area is 131 Å². The minimum atomic E-state index is -1.56. The van der Waals surface area contributed by atoms with Crippen LogP contribution >= 0.6 is 0 Å². The van der Waals surface area contributed by atoms with Crippen molar-refractivity contribution in [2.24, 2.45) is 0 Å². The fraction of sp³-hybridized carbons (Fsp3) is 0.316. The summed E-state index contributed by atoms with van der Waals surface area (Å²) in [7, 11) is 0. The van der Waals surface area contributed by atoms with Gasteiger partial charge in [-0.25, -0.2) is 0 Å². The zero-order valence-corrected chi connectivity index (χ0v) is 13.0. The Hall–Kier alpha value is -2.13. The molecule has 0 radical (unpaired) electrons. The lowest BCUT2D eigenvalue weighted by atomic mass is 9.83. The van der Waals surface area contributed by atoms with Gasteiger partial charge in [0.15, 0.2) is 0 Å². The van der Waals surface area contributed by atoms with Gasteiger partial charge in [0.1, 0.15) is 0 Å². The van der Waals surface area contributed by atoms with Gasteiger partial charge in [-0.3, -0.25) is 4.79 Å². The molecule has 3 heteroatoms. The van der Waals surface area contributed by atoms with E-state index in [1.807, 2.05) is 67.6 Å². The Bertz CT molecular complexity index is 555. The summed E-state index contributed by atoms with van der Waals surface area (Å²) >= 11 is 0. The van der Waals surface area contributed by atoms with E-state index in [1.165, 1.54) is 0 Å². The SMILES string of the molecule is CCC(=O)OC(O)(CC)C(c1ccccc1)c1ccccc1. The van der Waals surface area contributed by atoms with Gasteiger partial charge >= 0.3 is 5.97 Å². The molecule has 22 heavy (non-hydrogen) atoms. The molecule has 2 rings (SSSR count). The molecule has 0 heterocycles. The lowest BCUT2D eigenvalue weighted by molar-refractivity contribution is -0.216. The number of hydrogen-bond acceptors (Lipinski definition) is 3. The maximum atomic E-state index is 11.8. The van der Waals surface area contributed by atoms with E-state index >= 15 is 0 Å². The van der Waals surface area contributed by atoms with Gasteiger partial charge in [0, 0.05) is 12.8 Å². The molecule has 3 nitrogen and oxygen atoms in total. The summed E-state index contributed by atoms with van der Waals surface area (Å²) in [4.78, 5) is 11.8. The van der Waals surface area contributed by atoms with Crippen LogP contribution in [-0.4, -0.2) is 16.9 Å². The molecule has 1 N–H and O–H groups in total. The van der Waals surface area contributed by atoms with Crippen molar-refractivity contribution < 1.29 is 14.6 Å². The predicted octanol–water partition coefficient (Wildman–Crippen LogP) is 3.87. The van der Waals surface area contributed by atoms with Crippen LogP contribution in [0.3, 0.4) is 0 Å². The van der Waals surface area contributed by atoms with Gasteiger partial charge in [0.05, 0.1) is 5.92 Å². The molecule has 0 aliphatic heterocycles. The molecule has 2 aromatic rings. The summed E-state index contributed by atoms with van der Waals surface area (Å²) in [6.07, 6.45) is 0.547. The number of hydrogen-bond donors (Lipinski definition) is 1. The van der Waals surface area contributed by atoms with Crippen molar-refractivity contribution in [2.75, 3.05) is 0 Å². The molecule has 0 aliphatic carbocycles. The van der Waals surface area contributed by atoms with Gasteiger partial charge in [-0.1, -0.05) is 74.5 Å². The van der Waals surface area contributed by atoms with E-state index < -0.39 is 17.7 Å². The summed E-state index contributed by atoms with van der Waals surface area (Å²) in [6, 6.07) is 19.3. The molecule has 0 aliphatic rings. The number of ether oxygens (including phenoxy) is 1. The van der Waals surface area contributed by atoms with Crippen LogP contribution in [-0.2, 0) is 9.53 Å². The Kier molecular flexibility index (Phi) is 5.34. The van der Waals surface area contributed by atoms with E-state index in [0.29, 0.717) is 6.42 Å². The maximum Gasteiger partial charge on any atom is 0.308 e. The third kappa shape index (κ3) is 3.55. The maximum absolute atomic E-state index is 11.8. The summed E-state index contributed by atoms with van der Waals surface area (Å²) in [5.41, 5.74) is 1.84. The lowest BCUT2D eigenvalue weighted by Crippen LogP contribution is -2.41. The van der Waals surface area contributed by atoms with E-state index in [2.05, 4.69) is 0 Å². The first-order valence-corrected chi connectivity index (χ1v) is 7.64. The molecule has 0 fully saturated rings. The van der Waals surface area contributed by atoms with Gasteiger partial charge in [-0.05, 0) is 11.1 Å². The number of esters is 1. The average Bonchev–Trinajstić information content (AvgIpc) is 2.57. The smallest absolute Gasteiger partial charge is 0.308 e. The molecule has 2 aromatic carbocycles. The van der Waals surface area contributed by atoms with E-state index in [1.54, 1.807) is 6.92 Å². The van der Waals surface area contributed by atoms with Crippen LogP contribution in [0, 0.1) is 0 Å². The van der Waals surface area contributed by atoms with Crippen LogP contribution in [0.4, 0.5) is 0 Å². The van der Waals surface area contributed by atoms with Crippen molar-refractivity contribution in [1.82, 2.24) is 0 Å². The van der Waals surface area contributed by atoms with E-state index in [9.17, 15) is 9.90 Å². The van der Waals surface area contributed by atoms with E-state index in [4.69, 9.17) is 4.74 Å². The Morgan fingerprint density at radius 3 is 1.82 bits per heavy atom. The molecule has 116 valence electrons. The second-order valence-electron chi connectivity index (χ2n) is 5.28. The first-order valence-electron chi connectivity index (χ1n) is 7.64. The second kappa shape index (κ2) is 7.23. The molecule has 0 saturated heterocycles. The van der Waals surface area contributed by atoms with Crippen LogP contribution in [0.2, 0.25) is 0 Å². The number of aliphatic hydroxyl groups is 1. The topological polar surface area (TPSA) is 46.5 Å². The van der Waals surface area contributed by atoms with Crippen LogP contribution < -0.4 is 0 Å². The zero-order valence-electron chi connectivity index (χ0n) is 13.0. The third-order valence-corrected chi connectivity index (χ3v) is 3.80. The van der Waals surface area contributed by atoms with Crippen molar-refractivity contribution >= 4 is 5.97 Å². The van der Waals surface area contributed by atoms with Crippen molar-refractivity contribution in [3.8, 4) is 0 Å². The highest BCUT2D eigenvalue weighted by Gasteiger charge is 2.40. The zero-order chi connectivity index (χ0) is 16.0. The van der Waals surface area contributed by atoms with Crippen molar-refractivity contribution in [1.29, 1.82) is 0 Å². The first kappa shape index (κ1) is 16.2. The van der Waals surface area contributed by atoms with E-state index in [-0.39, 0.29) is 6.42 Å². The molecule has 0 spiro atoms. The second-order valence-corrected chi connectivity index (χ2v) is 5.28. The molecule has 0 bridgehead atoms. The standard InChI is InChI=1S/C19H22O3/c1-3-17(20)22-19(21,4-2)18(15-11-7-5-8-12-15)16-13-9-6-10-14-16/h5-14,18,21H,3-4H2,1-2H3. The van der Waals surface area contributed by atoms with Gasteiger partial charge < -0.3 is 9.84 Å². The van der Waals surface area contributed by atoms with Crippen molar-refractivity contribution in [3.05, 3.63) is 71.8 Å². The minimum absolute atomic E-state index is 0.235. The summed E-state index contributed by atoms with van der Waals surface area (Å²) in [5, 5.41) is 11.0. The number of carbonyl (C=O) groups excluding carboxylic acids is 1. The number of carbonyl (C=O) groups is 1. The van der Waals surface area contributed by atoms with Crippen LogP contribution in [0.1, 0.15) is 43.7 Å². The summed E-state index contributed by atoms with van der Waals surface area (Å²) in [5.74, 6) is -2.38. The van der Waals surface area contributed by atoms with Crippen molar-refractivity contribution in [2.45, 2.75) is 38.4 Å². The Balaban J connectivity index is 2.50. The normalized spacial score (nSPS) is 13.6. The van der Waals surface area contributed by atoms with E-state index in [0.717, 1.165) is 11.1 Å². The largest absolute Gasteiger partial charge is 0.432 e. The lowest BCUT2D eigenvalue weighted by Gasteiger charge is -2.35.